The zero-order valence-corrected chi connectivity index (χ0v) is 21.4. The first-order valence-electron chi connectivity index (χ1n) is 11.6. The molecule has 1 unspecified atom stereocenters. The lowest BCUT2D eigenvalue weighted by molar-refractivity contribution is -0.138. The van der Waals surface area contributed by atoms with Crippen LogP contribution in [0.5, 0.6) is 5.75 Å². The minimum absolute atomic E-state index is 0.143. The molecule has 37 heavy (non-hydrogen) atoms. The lowest BCUT2D eigenvalue weighted by Gasteiger charge is -2.22. The third-order valence-corrected chi connectivity index (χ3v) is 7.37. The van der Waals surface area contributed by atoms with Gasteiger partial charge in [0.1, 0.15) is 16.3 Å². The fourth-order valence-corrected chi connectivity index (χ4v) is 5.77. The van der Waals surface area contributed by atoms with Gasteiger partial charge in [0.15, 0.2) is 4.80 Å². The van der Waals surface area contributed by atoms with Gasteiger partial charge in [0.2, 0.25) is 5.91 Å². The third-order valence-electron chi connectivity index (χ3n) is 6.32. The number of methoxy groups -OCH3 is 1. The van der Waals surface area contributed by atoms with E-state index in [0.717, 1.165) is 21.8 Å². The Morgan fingerprint density at radius 3 is 2.43 bits per heavy atom. The molecule has 2 aromatic carbocycles. The number of allylic oxidation sites excluding steroid dienone is 1. The van der Waals surface area contributed by atoms with E-state index < -0.39 is 29.4 Å². The van der Waals surface area contributed by atoms with E-state index in [0.29, 0.717) is 27.5 Å². The van der Waals surface area contributed by atoms with Crippen molar-refractivity contribution >= 4 is 46.1 Å². The van der Waals surface area contributed by atoms with Crippen LogP contribution >= 0.6 is 11.3 Å². The second-order valence-electron chi connectivity index (χ2n) is 8.43. The van der Waals surface area contributed by atoms with Gasteiger partial charge < -0.3 is 9.47 Å². The molecule has 0 N–H and O–H groups in total. The summed E-state index contributed by atoms with van der Waals surface area (Å²) in [6.07, 6.45) is 0. The van der Waals surface area contributed by atoms with Crippen molar-refractivity contribution in [1.82, 2.24) is 4.57 Å². The summed E-state index contributed by atoms with van der Waals surface area (Å²) in [5.74, 6) is -0.937. The fourth-order valence-electron chi connectivity index (χ4n) is 4.64. The molecule has 10 heteroatoms. The summed E-state index contributed by atoms with van der Waals surface area (Å²) in [5.41, 5.74) is 1.91. The van der Waals surface area contributed by atoms with Gasteiger partial charge in [-0.05, 0) is 37.6 Å². The zero-order chi connectivity index (χ0) is 26.4. The lowest BCUT2D eigenvalue weighted by Crippen LogP contribution is -2.37. The van der Waals surface area contributed by atoms with Crippen molar-refractivity contribution in [3.63, 3.8) is 0 Å². The predicted molar refractivity (Wildman–Crippen MR) is 138 cm³/mol. The second kappa shape index (κ2) is 9.29. The van der Waals surface area contributed by atoms with Crippen molar-refractivity contribution in [1.29, 1.82) is 0 Å². The number of fused-ring (bicyclic) bond motifs is 2. The molecule has 1 aromatic heterocycles. The average Bonchev–Trinajstić information content (AvgIpc) is 3.36. The second-order valence-corrected chi connectivity index (χ2v) is 9.41. The number of ether oxygens (including phenoxy) is 2. The molecule has 5 rings (SSSR count). The highest BCUT2D eigenvalue weighted by molar-refractivity contribution is 7.07. The molecular weight excluding hydrogens is 494 g/mol. The minimum atomic E-state index is -0.721. The largest absolute Gasteiger partial charge is 0.497 e. The fraction of sp³-hybridized carbons (Fsp3) is 0.222. The van der Waals surface area contributed by atoms with Crippen LogP contribution in [0.2, 0.25) is 0 Å². The number of esters is 1. The summed E-state index contributed by atoms with van der Waals surface area (Å²) in [6.45, 7) is 4.83. The number of hydrogen-bond donors (Lipinski definition) is 0. The Morgan fingerprint density at radius 1 is 1.08 bits per heavy atom. The quantitative estimate of drug-likeness (QED) is 0.491. The number of rotatable bonds is 4. The molecule has 0 saturated carbocycles. The van der Waals surface area contributed by atoms with Gasteiger partial charge >= 0.3 is 5.97 Å². The number of carbonyl (C=O) groups is 3. The highest BCUT2D eigenvalue weighted by atomic mass is 32.1. The van der Waals surface area contributed by atoms with E-state index in [2.05, 4.69) is 0 Å². The first-order valence-corrected chi connectivity index (χ1v) is 12.4. The summed E-state index contributed by atoms with van der Waals surface area (Å²) in [6, 6.07) is 13.3. The number of benzene rings is 2. The van der Waals surface area contributed by atoms with Gasteiger partial charge in [0, 0.05) is 18.2 Å². The van der Waals surface area contributed by atoms with Crippen molar-refractivity contribution < 1.29 is 23.9 Å². The van der Waals surface area contributed by atoms with Crippen LogP contribution in [0.1, 0.15) is 37.9 Å². The number of hydrogen-bond acceptors (Lipinski definition) is 8. The van der Waals surface area contributed by atoms with E-state index in [4.69, 9.17) is 14.5 Å². The topological polar surface area (TPSA) is 107 Å². The number of carbonyl (C=O) groups excluding carboxylic acids is 3. The number of amides is 2. The molecule has 9 nitrogen and oxygen atoms in total. The van der Waals surface area contributed by atoms with E-state index in [1.807, 2.05) is 0 Å². The lowest BCUT2D eigenvalue weighted by atomic mass is 9.96. The maximum Gasteiger partial charge on any atom is 0.338 e. The number of thiazole rings is 1. The van der Waals surface area contributed by atoms with Crippen LogP contribution in [-0.2, 0) is 19.1 Å². The molecule has 0 spiro atoms. The number of aromatic nitrogens is 1. The van der Waals surface area contributed by atoms with Gasteiger partial charge in [-0.25, -0.2) is 14.7 Å². The summed E-state index contributed by atoms with van der Waals surface area (Å²) in [7, 11) is 1.56. The number of anilines is 1. The van der Waals surface area contributed by atoms with Crippen LogP contribution in [0.25, 0.3) is 11.3 Å². The van der Waals surface area contributed by atoms with Gasteiger partial charge in [0.05, 0.1) is 30.6 Å². The maximum absolute atomic E-state index is 13.7. The number of para-hydroxylation sites is 1. The molecule has 2 aliphatic heterocycles. The molecule has 0 aliphatic carbocycles. The minimum Gasteiger partial charge on any atom is -0.497 e. The van der Waals surface area contributed by atoms with Gasteiger partial charge in [-0.2, -0.15) is 0 Å². The summed E-state index contributed by atoms with van der Waals surface area (Å²) in [4.78, 5) is 58.6. The molecule has 188 valence electrons. The monoisotopic (exact) mass is 517 g/mol. The molecule has 3 aromatic rings. The number of nitrogens with zero attached hydrogens (tertiary/aromatic N) is 3. The predicted octanol–water partition coefficient (Wildman–Crippen LogP) is 2.18. The molecule has 0 fully saturated rings. The molecule has 0 saturated heterocycles. The van der Waals surface area contributed by atoms with Gasteiger partial charge in [-0.1, -0.05) is 41.7 Å². The molecule has 2 amide bonds. The van der Waals surface area contributed by atoms with Crippen molar-refractivity contribution in [2.75, 3.05) is 18.6 Å². The Balaban J connectivity index is 1.80. The first-order chi connectivity index (χ1) is 17.8. The Labute approximate surface area is 215 Å². The standard InChI is InChI=1S/C27H23N3O6S/c1-5-36-26(34)20-14(2)29-25(33)23(21-18-8-6-7-9-19(18)30(15(3)31)24(21)32)37-27(29)28-22(20)16-10-12-17(35-4)13-11-16/h6-13,22H,5H2,1-4H3. The highest BCUT2D eigenvalue weighted by Crippen LogP contribution is 2.36. The van der Waals surface area contributed by atoms with E-state index >= 15 is 0 Å². The first kappa shape index (κ1) is 24.4. The van der Waals surface area contributed by atoms with Crippen LogP contribution in [0.4, 0.5) is 5.69 Å². The molecule has 3 heterocycles. The Kier molecular flexibility index (Phi) is 6.12. The van der Waals surface area contributed by atoms with Crippen LogP contribution in [0, 0.1) is 0 Å². The third kappa shape index (κ3) is 3.80. The molecule has 1 atom stereocenters. The van der Waals surface area contributed by atoms with E-state index in [1.54, 1.807) is 69.5 Å². The van der Waals surface area contributed by atoms with E-state index in [9.17, 15) is 19.2 Å². The van der Waals surface area contributed by atoms with Crippen LogP contribution < -0.4 is 24.5 Å². The average molecular weight is 518 g/mol. The van der Waals surface area contributed by atoms with Crippen molar-refractivity contribution in [2.24, 2.45) is 4.99 Å². The van der Waals surface area contributed by atoms with Crippen molar-refractivity contribution in [3.8, 4) is 5.75 Å². The van der Waals surface area contributed by atoms with E-state index in [-0.39, 0.29) is 22.3 Å². The maximum atomic E-state index is 13.7. The van der Waals surface area contributed by atoms with Gasteiger partial charge in [-0.15, -0.1) is 0 Å². The molecular formula is C27H23N3O6S. The summed E-state index contributed by atoms with van der Waals surface area (Å²) >= 11 is 1.05. The normalized spacial score (nSPS) is 17.8. The number of imide groups is 1. The van der Waals surface area contributed by atoms with E-state index in [1.165, 1.54) is 11.5 Å². The van der Waals surface area contributed by atoms with Gasteiger partial charge in [-0.3, -0.25) is 19.0 Å². The van der Waals surface area contributed by atoms with Crippen molar-refractivity contribution in [3.05, 3.63) is 84.9 Å². The molecule has 0 radical (unpaired) electrons. The van der Waals surface area contributed by atoms with Gasteiger partial charge in [0.25, 0.3) is 11.5 Å². The Hall–Kier alpha value is -4.31. The summed E-state index contributed by atoms with van der Waals surface area (Å²) in [5, 5.41) is 0. The Bertz CT molecular complexity index is 1680. The zero-order valence-electron chi connectivity index (χ0n) is 20.6. The molecule has 2 aliphatic rings. The summed E-state index contributed by atoms with van der Waals surface area (Å²) < 4.78 is 12.1. The molecule has 0 bridgehead atoms. The van der Waals surface area contributed by atoms with Crippen LogP contribution in [-0.4, -0.2) is 36.1 Å². The van der Waals surface area contributed by atoms with Crippen LogP contribution in [0.3, 0.4) is 0 Å². The highest BCUT2D eigenvalue weighted by Gasteiger charge is 2.37. The Morgan fingerprint density at radius 2 is 1.78 bits per heavy atom. The van der Waals surface area contributed by atoms with Crippen molar-refractivity contribution in [2.45, 2.75) is 26.8 Å². The van der Waals surface area contributed by atoms with Crippen LogP contribution in [0.15, 0.2) is 63.9 Å². The SMILES string of the molecule is CCOC(=O)C1=C(C)n2c(sc(=C3C(=O)N(C(C)=O)c4ccccc43)c2=O)=NC1c1ccc(OC)cc1. The smallest absolute Gasteiger partial charge is 0.338 e.